The number of ketones is 2. The van der Waals surface area contributed by atoms with Crippen molar-refractivity contribution >= 4 is 51.4 Å². The van der Waals surface area contributed by atoms with Gasteiger partial charge in [0.15, 0.2) is 11.6 Å². The predicted molar refractivity (Wildman–Crippen MR) is 250 cm³/mol. The second-order valence-corrected chi connectivity index (χ2v) is 19.9. The Morgan fingerprint density at radius 2 is 0.657 bits per heavy atom. The van der Waals surface area contributed by atoms with Crippen LogP contribution in [0.15, 0.2) is 0 Å². The van der Waals surface area contributed by atoms with Gasteiger partial charge in [0, 0.05) is 36.9 Å². The summed E-state index contributed by atoms with van der Waals surface area (Å²) in [5.74, 6) is -2.57. The Bertz CT molecular complexity index is 1280. The van der Waals surface area contributed by atoms with Crippen LogP contribution in [-0.4, -0.2) is 191 Å². The molecule has 0 aliphatic carbocycles. The van der Waals surface area contributed by atoms with Crippen molar-refractivity contribution in [3.8, 4) is 0 Å². The van der Waals surface area contributed by atoms with Crippen molar-refractivity contribution in [1.82, 2.24) is 0 Å². The quantitative estimate of drug-likeness (QED) is 0.0375. The van der Waals surface area contributed by atoms with Crippen molar-refractivity contribution in [3.05, 3.63) is 0 Å². The van der Waals surface area contributed by atoms with Gasteiger partial charge in [0.05, 0.1) is 66.1 Å². The zero-order chi connectivity index (χ0) is 52.4. The summed E-state index contributed by atoms with van der Waals surface area (Å²) in [6.07, 6.45) is -0.260. The molecule has 396 valence electrons. The summed E-state index contributed by atoms with van der Waals surface area (Å²) in [5, 5.41) is 27.4. The molecule has 0 aromatic rings. The Hall–Kier alpha value is -2.70. The van der Waals surface area contributed by atoms with E-state index in [9.17, 15) is 28.8 Å². The van der Waals surface area contributed by atoms with Crippen molar-refractivity contribution in [2.24, 2.45) is 10.8 Å². The average molecular weight is 1040 g/mol. The Kier molecular flexibility index (Phi) is 37.1. The number of carbonyl (C=O) groups is 6. The van der Waals surface area contributed by atoms with Gasteiger partial charge in [-0.2, -0.15) is 0 Å². The van der Waals surface area contributed by atoms with E-state index >= 15 is 0 Å². The van der Waals surface area contributed by atoms with Gasteiger partial charge in [0.1, 0.15) is 60.8 Å². The van der Waals surface area contributed by atoms with Crippen LogP contribution < -0.4 is 0 Å². The number of esters is 4. The maximum Gasteiger partial charge on any atom is 0.332 e. The maximum atomic E-state index is 12.9. The first kappa shape index (κ1) is 68.6. The molecule has 0 aromatic heterocycles. The monoisotopic (exact) mass is 1040 g/mol. The van der Waals surface area contributed by atoms with E-state index in [1.54, 1.807) is 62.3 Å². The Balaban J connectivity index is -0.00000128. The van der Waals surface area contributed by atoms with E-state index in [2.05, 4.69) is 15.9 Å². The fourth-order valence-electron chi connectivity index (χ4n) is 4.97. The molecular weight excluding hydrogens is 952 g/mol. The van der Waals surface area contributed by atoms with Crippen molar-refractivity contribution in [3.63, 3.8) is 0 Å². The minimum Gasteiger partial charge on any atom is -0.459 e. The lowest BCUT2D eigenvalue weighted by atomic mass is 9.85. The molecular formula is C46H85BrO20. The number of carbonyl (C=O) groups excluding carboxylic acids is 6. The molecule has 3 N–H and O–H groups in total. The number of hydrogen-bond donors (Lipinski definition) is 3. The lowest BCUT2D eigenvalue weighted by Gasteiger charge is -2.33. The number of hydrogen-bond acceptors (Lipinski definition) is 20. The summed E-state index contributed by atoms with van der Waals surface area (Å²) in [6, 6.07) is 0. The first-order chi connectivity index (χ1) is 30.8. The maximum absolute atomic E-state index is 12.9. The lowest BCUT2D eigenvalue weighted by molar-refractivity contribution is -0.168. The largest absolute Gasteiger partial charge is 0.459 e. The Labute approximate surface area is 407 Å². The van der Waals surface area contributed by atoms with Crippen LogP contribution in [-0.2, 0) is 80.9 Å². The van der Waals surface area contributed by atoms with Crippen molar-refractivity contribution in [1.29, 1.82) is 0 Å². The van der Waals surface area contributed by atoms with Crippen LogP contribution in [0.25, 0.3) is 0 Å². The van der Waals surface area contributed by atoms with Crippen molar-refractivity contribution in [2.75, 3.05) is 118 Å². The highest BCUT2D eigenvalue weighted by Crippen LogP contribution is 2.26. The smallest absolute Gasteiger partial charge is 0.332 e. The highest BCUT2D eigenvalue weighted by atomic mass is 79.9. The van der Waals surface area contributed by atoms with Gasteiger partial charge >= 0.3 is 23.9 Å². The second-order valence-electron chi connectivity index (χ2n) is 19.4. The predicted octanol–water partition coefficient (Wildman–Crippen LogP) is 3.75. The summed E-state index contributed by atoms with van der Waals surface area (Å²) in [7, 11) is 0. The van der Waals surface area contributed by atoms with Crippen LogP contribution in [0.3, 0.4) is 0 Å². The third kappa shape index (κ3) is 44.3. The number of aliphatic hydroxyl groups excluding tert-OH is 3. The van der Waals surface area contributed by atoms with Crippen molar-refractivity contribution in [2.45, 2.75) is 132 Å². The van der Waals surface area contributed by atoms with Crippen LogP contribution in [0.2, 0.25) is 0 Å². The van der Waals surface area contributed by atoms with Gasteiger partial charge in [0.25, 0.3) is 0 Å². The molecule has 0 atom stereocenters. The molecule has 0 unspecified atom stereocenters. The molecule has 0 bridgehead atoms. The number of halogens is 1. The number of Topliss-reactive ketones (excluding diaryl/α,β-unsaturated/α-hetero) is 2. The summed E-state index contributed by atoms with van der Waals surface area (Å²) < 4.78 is 58.5. The van der Waals surface area contributed by atoms with E-state index in [4.69, 9.17) is 67.4 Å². The second kappa shape index (κ2) is 36.3. The molecule has 0 rings (SSSR count). The number of rotatable bonds is 32. The summed E-state index contributed by atoms with van der Waals surface area (Å²) >= 11 is 2.99. The number of ether oxygens (including phenoxy) is 11. The fraction of sp³-hybridized carbons (Fsp3) is 0.870. The molecule has 0 fully saturated rings. The number of alkyl halides is 1. The van der Waals surface area contributed by atoms with E-state index in [0.717, 1.165) is 0 Å². The van der Waals surface area contributed by atoms with E-state index in [0.29, 0.717) is 33.0 Å². The normalized spacial score (nSPS) is 12.2. The highest BCUT2D eigenvalue weighted by Gasteiger charge is 2.36. The Morgan fingerprint density at radius 1 is 0.388 bits per heavy atom. The molecule has 0 aliphatic heterocycles. The first-order valence-corrected chi connectivity index (χ1v) is 23.3. The minimum absolute atomic E-state index is 0.102. The number of aliphatic hydroxyl groups is 3. The molecule has 0 saturated heterocycles. The molecule has 0 aliphatic rings. The zero-order valence-corrected chi connectivity index (χ0v) is 44.4. The fourth-order valence-corrected chi connectivity index (χ4v) is 5.08. The van der Waals surface area contributed by atoms with Gasteiger partial charge < -0.3 is 67.4 Å². The highest BCUT2D eigenvalue weighted by molar-refractivity contribution is 9.09. The Morgan fingerprint density at radius 3 is 0.896 bits per heavy atom. The zero-order valence-electron chi connectivity index (χ0n) is 42.8. The van der Waals surface area contributed by atoms with Gasteiger partial charge in [-0.15, -0.1) is 0 Å². The van der Waals surface area contributed by atoms with Gasteiger partial charge in [-0.3, -0.25) is 14.4 Å². The van der Waals surface area contributed by atoms with Crippen LogP contribution in [0.5, 0.6) is 0 Å². The van der Waals surface area contributed by atoms with Crippen LogP contribution in [0.1, 0.15) is 110 Å². The molecule has 67 heavy (non-hydrogen) atoms. The minimum atomic E-state index is -1.19. The lowest BCUT2D eigenvalue weighted by Crippen LogP contribution is -2.42. The van der Waals surface area contributed by atoms with E-state index in [-0.39, 0.29) is 80.9 Å². The van der Waals surface area contributed by atoms with Crippen LogP contribution in [0, 0.1) is 10.8 Å². The van der Waals surface area contributed by atoms with Gasteiger partial charge in [-0.1, -0.05) is 15.9 Å². The van der Waals surface area contributed by atoms with E-state index < -0.39 is 85.2 Å². The van der Waals surface area contributed by atoms with Crippen LogP contribution >= 0.6 is 15.9 Å². The van der Waals surface area contributed by atoms with Gasteiger partial charge in [0.2, 0.25) is 0 Å². The van der Waals surface area contributed by atoms with E-state index in [1.807, 2.05) is 34.6 Å². The third-order valence-electron chi connectivity index (χ3n) is 7.50. The third-order valence-corrected chi connectivity index (χ3v) is 7.96. The molecule has 20 nitrogen and oxygen atoms in total. The summed E-state index contributed by atoms with van der Waals surface area (Å²) in [6.45, 7) is 23.9. The van der Waals surface area contributed by atoms with E-state index in [1.165, 1.54) is 0 Å². The average Bonchev–Trinajstić information content (AvgIpc) is 3.17. The topological polar surface area (TPSA) is 265 Å². The van der Waals surface area contributed by atoms with Crippen molar-refractivity contribution < 1.29 is 96.2 Å². The first-order valence-electron chi connectivity index (χ1n) is 22.2. The SMILES string of the molecule is CC(C)(C)OC(=O)CBr.CCOCCOCC(=O)CC(CO)(CO)CO.CCOCCOCC(=O)CC(COCC(=O)OC(C)(C)C)(COCC(=O)OC(C)(C)C)COCC(=O)OC(C)(C)C. The molecule has 0 spiro atoms. The van der Waals surface area contributed by atoms with Gasteiger partial charge in [-0.25, -0.2) is 14.4 Å². The molecule has 21 heteroatoms. The standard InChI is InChI=1S/C29H52O12.C11H22O6.C6H11BrO2/c1-11-34-12-13-35-15-22(30)14-29(19-36-16-23(31)39-26(2,3)4,20-37-17-24(32)40-27(5,6)7)21-38-18-25(33)41-28(8,9)10;1-2-16-3-4-17-6-10(15)5-11(7-12,8-13)9-14;1-6(2,3)9-5(8)4-7/h11-21H2,1-10H3;12-14H,2-9H2,1H3;4H2,1-3H3. The summed E-state index contributed by atoms with van der Waals surface area (Å²) in [4.78, 5) is 71.7. The molecule has 0 aromatic carbocycles. The van der Waals surface area contributed by atoms with Gasteiger partial charge in [-0.05, 0) is 96.9 Å². The molecule has 0 saturated carbocycles. The molecule has 0 heterocycles. The summed E-state index contributed by atoms with van der Waals surface area (Å²) in [5.41, 5.74) is -4.82. The molecule has 0 radical (unpaired) electrons. The molecule has 0 amide bonds. The van der Waals surface area contributed by atoms with Crippen LogP contribution in [0.4, 0.5) is 0 Å².